The van der Waals surface area contributed by atoms with Crippen molar-refractivity contribution in [3.63, 3.8) is 0 Å². The molecule has 1 aromatic heterocycles. The second kappa shape index (κ2) is 7.58. The number of pyridine rings is 1. The molecule has 7 nitrogen and oxygen atoms in total. The fourth-order valence-electron chi connectivity index (χ4n) is 3.06. The fraction of sp³-hybridized carbons (Fsp3) is 0.294. The second-order valence-electron chi connectivity index (χ2n) is 5.97. The zero-order valence-electron chi connectivity index (χ0n) is 13.7. The van der Waals surface area contributed by atoms with Gasteiger partial charge in [0.1, 0.15) is 6.20 Å². The van der Waals surface area contributed by atoms with Crippen LogP contribution in [-0.4, -0.2) is 39.8 Å². The van der Waals surface area contributed by atoms with E-state index in [1.165, 1.54) is 6.07 Å². The van der Waals surface area contributed by atoms with E-state index in [-0.39, 0.29) is 41.5 Å². The summed E-state index contributed by atoms with van der Waals surface area (Å²) in [4.78, 5) is 28.8. The number of hydrogen-bond donors (Lipinski definition) is 1. The zero-order valence-corrected chi connectivity index (χ0v) is 14.5. The third-order valence-electron chi connectivity index (χ3n) is 4.39. The number of amides is 1. The Kier molecular flexibility index (Phi) is 5.71. The predicted molar refractivity (Wildman–Crippen MR) is 95.9 cm³/mol. The highest BCUT2D eigenvalue weighted by Gasteiger charge is 2.35. The highest BCUT2D eigenvalue weighted by atomic mass is 35.5. The van der Waals surface area contributed by atoms with E-state index in [0.29, 0.717) is 18.8 Å². The van der Waals surface area contributed by atoms with Crippen molar-refractivity contribution in [1.82, 2.24) is 9.88 Å². The van der Waals surface area contributed by atoms with E-state index in [0.717, 1.165) is 11.8 Å². The lowest BCUT2D eigenvalue weighted by molar-refractivity contribution is -0.385. The van der Waals surface area contributed by atoms with E-state index < -0.39 is 4.92 Å². The molecule has 0 saturated carbocycles. The summed E-state index contributed by atoms with van der Waals surface area (Å²) < 4.78 is 0. The average molecular weight is 363 g/mol. The smallest absolute Gasteiger partial charge is 0.288 e. The summed E-state index contributed by atoms with van der Waals surface area (Å²) in [7, 11) is 0. The molecular formula is C17H19ClN4O3. The first kappa shape index (κ1) is 18.8. The van der Waals surface area contributed by atoms with Gasteiger partial charge in [-0.25, -0.2) is 0 Å². The van der Waals surface area contributed by atoms with Crippen molar-refractivity contribution < 1.29 is 9.72 Å². The molecule has 0 spiro atoms. The minimum atomic E-state index is -0.550. The minimum absolute atomic E-state index is 0. The van der Waals surface area contributed by atoms with E-state index in [1.807, 2.05) is 30.3 Å². The molecule has 1 aliphatic rings. The first-order valence-corrected chi connectivity index (χ1v) is 7.68. The highest BCUT2D eigenvalue weighted by molar-refractivity contribution is 5.96. The van der Waals surface area contributed by atoms with Gasteiger partial charge in [-0.3, -0.25) is 19.9 Å². The zero-order chi connectivity index (χ0) is 17.3. The summed E-state index contributed by atoms with van der Waals surface area (Å²) in [6.45, 7) is 2.58. The van der Waals surface area contributed by atoms with E-state index in [9.17, 15) is 14.9 Å². The molecule has 0 bridgehead atoms. The number of nitro groups is 1. The Bertz CT molecular complexity index is 785. The van der Waals surface area contributed by atoms with E-state index >= 15 is 0 Å². The van der Waals surface area contributed by atoms with Crippen LogP contribution in [0.15, 0.2) is 42.6 Å². The summed E-state index contributed by atoms with van der Waals surface area (Å²) in [6.07, 6.45) is 1.16. The van der Waals surface area contributed by atoms with Gasteiger partial charge in [-0.1, -0.05) is 30.3 Å². The summed E-state index contributed by atoms with van der Waals surface area (Å²) in [5.41, 5.74) is 7.85. The van der Waals surface area contributed by atoms with Gasteiger partial charge >= 0.3 is 0 Å². The van der Waals surface area contributed by atoms with Crippen molar-refractivity contribution in [3.05, 3.63) is 69.5 Å². The summed E-state index contributed by atoms with van der Waals surface area (Å²) in [5.74, 6) is -0.209. The van der Waals surface area contributed by atoms with Crippen LogP contribution >= 0.6 is 12.4 Å². The summed E-state index contributed by atoms with van der Waals surface area (Å²) >= 11 is 0. The Morgan fingerprint density at radius 3 is 2.64 bits per heavy atom. The van der Waals surface area contributed by atoms with Crippen molar-refractivity contribution in [2.45, 2.75) is 18.9 Å². The highest BCUT2D eigenvalue weighted by Crippen LogP contribution is 2.28. The molecule has 3 rings (SSSR count). The number of aromatic nitrogens is 1. The lowest BCUT2D eigenvalue weighted by Gasteiger charge is -2.17. The van der Waals surface area contributed by atoms with Gasteiger partial charge in [0, 0.05) is 31.1 Å². The normalized spacial score (nSPS) is 19.4. The molecule has 1 amide bonds. The molecule has 1 saturated heterocycles. The van der Waals surface area contributed by atoms with Crippen LogP contribution in [0.4, 0.5) is 5.69 Å². The van der Waals surface area contributed by atoms with Crippen molar-refractivity contribution in [2.75, 3.05) is 13.1 Å². The van der Waals surface area contributed by atoms with Crippen molar-refractivity contribution in [1.29, 1.82) is 0 Å². The Morgan fingerprint density at radius 2 is 2.00 bits per heavy atom. The Hall–Kier alpha value is -2.51. The molecule has 1 aromatic carbocycles. The quantitative estimate of drug-likeness (QED) is 0.666. The van der Waals surface area contributed by atoms with Gasteiger partial charge < -0.3 is 10.6 Å². The van der Waals surface area contributed by atoms with Crippen LogP contribution in [0.3, 0.4) is 0 Å². The van der Waals surface area contributed by atoms with E-state index in [1.54, 1.807) is 11.8 Å². The van der Waals surface area contributed by atoms with Gasteiger partial charge in [0.05, 0.1) is 16.2 Å². The number of likely N-dealkylation sites (tertiary alicyclic amines) is 1. The van der Waals surface area contributed by atoms with Gasteiger partial charge in [0.2, 0.25) is 0 Å². The van der Waals surface area contributed by atoms with Crippen molar-refractivity contribution in [3.8, 4) is 0 Å². The Balaban J connectivity index is 0.00000225. The van der Waals surface area contributed by atoms with Gasteiger partial charge in [0.25, 0.3) is 11.6 Å². The molecule has 0 radical (unpaired) electrons. The molecule has 0 unspecified atom stereocenters. The maximum Gasteiger partial charge on any atom is 0.288 e. The van der Waals surface area contributed by atoms with Crippen LogP contribution in [0.2, 0.25) is 0 Å². The van der Waals surface area contributed by atoms with Crippen LogP contribution < -0.4 is 5.73 Å². The van der Waals surface area contributed by atoms with Gasteiger partial charge in [-0.2, -0.15) is 0 Å². The van der Waals surface area contributed by atoms with Crippen LogP contribution in [0.1, 0.15) is 27.5 Å². The molecule has 1 fully saturated rings. The first-order valence-electron chi connectivity index (χ1n) is 7.68. The number of nitrogens with two attached hydrogens (primary N) is 1. The number of nitrogens with zero attached hydrogens (tertiary/aromatic N) is 3. The number of hydrogen-bond acceptors (Lipinski definition) is 5. The molecule has 0 aliphatic carbocycles. The number of benzene rings is 1. The van der Waals surface area contributed by atoms with Crippen molar-refractivity contribution in [2.24, 2.45) is 5.73 Å². The molecule has 2 atom stereocenters. The first-order chi connectivity index (χ1) is 11.5. The summed E-state index contributed by atoms with van der Waals surface area (Å²) in [6, 6.07) is 10.9. The SMILES string of the molecule is Cc1ncc([N+](=O)[O-])cc1C(=O)N1C[C@@H](N)[C@H](c2ccccc2)C1.Cl. The lowest BCUT2D eigenvalue weighted by Crippen LogP contribution is -2.32. The summed E-state index contributed by atoms with van der Waals surface area (Å²) in [5, 5.41) is 10.9. The number of halogens is 1. The average Bonchev–Trinajstić information content (AvgIpc) is 2.97. The molecule has 25 heavy (non-hydrogen) atoms. The topological polar surface area (TPSA) is 102 Å². The van der Waals surface area contributed by atoms with Crippen LogP contribution in [0, 0.1) is 17.0 Å². The molecule has 1 aliphatic heterocycles. The number of carbonyl (C=O) groups excluding carboxylic acids is 1. The minimum Gasteiger partial charge on any atom is -0.336 e. The maximum absolute atomic E-state index is 12.8. The fourth-order valence-corrected chi connectivity index (χ4v) is 3.06. The van der Waals surface area contributed by atoms with E-state index in [2.05, 4.69) is 4.98 Å². The largest absolute Gasteiger partial charge is 0.336 e. The number of aryl methyl sites for hydroxylation is 1. The predicted octanol–water partition coefficient (Wildman–Crippen LogP) is 2.29. The molecular weight excluding hydrogens is 344 g/mol. The molecule has 8 heteroatoms. The second-order valence-corrected chi connectivity index (χ2v) is 5.97. The lowest BCUT2D eigenvalue weighted by atomic mass is 9.95. The molecule has 2 heterocycles. The maximum atomic E-state index is 12.8. The Labute approximate surface area is 151 Å². The van der Waals surface area contributed by atoms with Crippen LogP contribution in [0.25, 0.3) is 0 Å². The number of carbonyl (C=O) groups is 1. The van der Waals surface area contributed by atoms with Gasteiger partial charge in [0.15, 0.2) is 0 Å². The Morgan fingerprint density at radius 1 is 1.32 bits per heavy atom. The molecule has 2 aromatic rings. The van der Waals surface area contributed by atoms with Gasteiger partial charge in [-0.15, -0.1) is 12.4 Å². The number of rotatable bonds is 3. The van der Waals surface area contributed by atoms with Crippen LogP contribution in [0.5, 0.6) is 0 Å². The standard InChI is InChI=1S/C17H18N4O3.ClH/c1-11-14(7-13(8-19-11)21(23)24)17(22)20-9-15(16(18)10-20)12-5-3-2-4-6-12;/h2-8,15-16H,9-10,18H2,1H3;1H/t15-,16+;/m0./s1. The van der Waals surface area contributed by atoms with E-state index in [4.69, 9.17) is 5.73 Å². The van der Waals surface area contributed by atoms with Crippen molar-refractivity contribution >= 4 is 24.0 Å². The molecule has 2 N–H and O–H groups in total. The molecule has 132 valence electrons. The van der Waals surface area contributed by atoms with Gasteiger partial charge in [-0.05, 0) is 12.5 Å². The monoisotopic (exact) mass is 362 g/mol. The third kappa shape index (κ3) is 3.78. The van der Waals surface area contributed by atoms with Crippen LogP contribution in [-0.2, 0) is 0 Å². The third-order valence-corrected chi connectivity index (χ3v) is 4.39.